The monoisotopic (exact) mass is 1020 g/mol. The smallest absolute Gasteiger partial charge is 0.414 e. The second kappa shape index (κ2) is 17.5. The van der Waals surface area contributed by atoms with E-state index < -0.39 is 128 Å². The van der Waals surface area contributed by atoms with E-state index in [1.165, 1.54) is 0 Å². The largest absolute Gasteiger partial charge is 0.454 e. The first-order chi connectivity index (χ1) is 31.8. The van der Waals surface area contributed by atoms with E-state index in [9.17, 15) is 24.6 Å². The summed E-state index contributed by atoms with van der Waals surface area (Å²) in [4.78, 5) is 52.8. The van der Waals surface area contributed by atoms with Gasteiger partial charge in [-0.1, -0.05) is 83.1 Å². The highest BCUT2D eigenvalue weighted by Crippen LogP contribution is 2.70. The van der Waals surface area contributed by atoms with E-state index in [4.69, 9.17) is 52.0 Å². The Balaban J connectivity index is 1.53. The molecule has 70 heavy (non-hydrogen) atoms. The van der Waals surface area contributed by atoms with Gasteiger partial charge in [0.1, 0.15) is 52.9 Å². The quantitative estimate of drug-likeness (QED) is 0.0481. The molecule has 5 heterocycles. The van der Waals surface area contributed by atoms with Crippen LogP contribution in [0.2, 0.25) is 34.8 Å². The van der Waals surface area contributed by atoms with Gasteiger partial charge in [-0.3, -0.25) is 15.6 Å². The highest BCUT2D eigenvalue weighted by atomic mass is 28.4. The summed E-state index contributed by atoms with van der Waals surface area (Å²) in [6.07, 6.45) is -9.87. The number of ether oxygens (including phenoxy) is 7. The van der Waals surface area contributed by atoms with Gasteiger partial charge in [-0.25, -0.2) is 19.4 Å². The van der Waals surface area contributed by atoms with E-state index in [1.807, 2.05) is 13.1 Å². The van der Waals surface area contributed by atoms with Crippen LogP contribution in [0.15, 0.2) is 9.98 Å². The first kappa shape index (κ1) is 55.2. The summed E-state index contributed by atoms with van der Waals surface area (Å²) in [5.41, 5.74) is -6.34. The molecule has 5 aliphatic heterocycles. The SMILES string of the molecule is CCOC1O[C@@H]2C3(O[Si](C(C)C)(C(C)C)C(C)C)OC4C(O[Si](C)(C)C(C)(C)C)[C@]2(N=C(NC(=O)OC(C)(C)C)NC(=O)OC(C)(C)C)C1C(O3)[C@@]4(O)[C@H](O)[C@@H]1N=C2C(OC1=O)[C@H]1CC[C@]2(C)C1(C)C. The Morgan fingerprint density at radius 3 is 1.90 bits per heavy atom. The zero-order valence-electron chi connectivity index (χ0n) is 45.8. The summed E-state index contributed by atoms with van der Waals surface area (Å²) >= 11 is 0. The zero-order valence-corrected chi connectivity index (χ0v) is 47.8. The lowest BCUT2D eigenvalue weighted by molar-refractivity contribution is -0.524. The van der Waals surface area contributed by atoms with Crippen LogP contribution in [0.25, 0.3) is 0 Å². The molecule has 0 aromatic heterocycles. The van der Waals surface area contributed by atoms with Crippen molar-refractivity contribution >= 4 is 46.5 Å². The molecule has 7 unspecified atom stereocenters. The number of fused-ring (bicyclic) bond motifs is 5. The number of rotatable bonds is 12. The number of amides is 2. The minimum Gasteiger partial charge on any atom is -0.454 e. The molecule has 0 aromatic carbocycles. The number of esters is 1. The standard InChI is InChI=1S/C50H86N4O14Si2/c1-22-60-38-29-34-49(59,33(55)30-37(56)61-31-28-23-24-47(19,32(31)51-30)46(28,17)18)36-35(67-69(20,21)45(14,15)16)48(29,54-40(52-41(57)65-43(8,9)10)53-42(58)66-44(11,12)13)39(62-38)50(63-34,64-36)68-70(25(2)3,26(4)5)27(6)7/h25-31,33-36,38-39,55,59H,22-24H2,1-21H3,(H2,52,53,54,57,58)/t28-,29?,30+,31?,33-,34?,35?,36?,38?,39+,47+,48-,49+,50?/m1/s1. The second-order valence-corrected chi connectivity index (χ2v) is 36.3. The predicted molar refractivity (Wildman–Crippen MR) is 266 cm³/mol. The molecule has 4 N–H and O–H groups in total. The van der Waals surface area contributed by atoms with E-state index in [0.29, 0.717) is 5.71 Å². The number of carbonyl (C=O) groups excluding carboxylic acids is 3. The molecule has 20 heteroatoms. The first-order valence-electron chi connectivity index (χ1n) is 25.6. The van der Waals surface area contributed by atoms with Gasteiger partial charge in [-0.15, -0.1) is 0 Å². The van der Waals surface area contributed by atoms with Crippen molar-refractivity contribution in [3.05, 3.63) is 0 Å². The maximum absolute atomic E-state index is 14.5. The number of alkyl carbamates (subject to hydrolysis) is 2. The summed E-state index contributed by atoms with van der Waals surface area (Å²) in [7, 11) is -6.15. The third-order valence-electron chi connectivity index (χ3n) is 17.6. The number of aliphatic hydroxyl groups is 2. The molecular formula is C50H86N4O14Si2. The first-order valence-corrected chi connectivity index (χ1v) is 30.7. The lowest BCUT2D eigenvalue weighted by Crippen LogP contribution is -2.92. The molecule has 0 radical (unpaired) electrons. The van der Waals surface area contributed by atoms with Gasteiger partial charge in [-0.05, 0) is 101 Å². The topological polar surface area (TPSA) is 224 Å². The van der Waals surface area contributed by atoms with E-state index in [-0.39, 0.29) is 40.5 Å². The second-order valence-electron chi connectivity index (χ2n) is 26.2. The van der Waals surface area contributed by atoms with Crippen LogP contribution in [0.3, 0.4) is 0 Å². The number of hydrogen-bond donors (Lipinski definition) is 4. The summed E-state index contributed by atoms with van der Waals surface area (Å²) in [5, 5.41) is 32.2. The molecule has 18 nitrogen and oxygen atoms in total. The molecule has 0 spiro atoms. The van der Waals surface area contributed by atoms with Gasteiger partial charge < -0.3 is 52.2 Å². The molecule has 8 bridgehead atoms. The Hall–Kier alpha value is -2.54. The lowest BCUT2D eigenvalue weighted by atomic mass is 9.55. The van der Waals surface area contributed by atoms with Crippen molar-refractivity contribution in [2.45, 2.75) is 256 Å². The Morgan fingerprint density at radius 1 is 0.886 bits per heavy atom. The van der Waals surface area contributed by atoms with Crippen LogP contribution in [0.4, 0.5) is 9.59 Å². The van der Waals surface area contributed by atoms with Gasteiger partial charge in [0.25, 0.3) is 0 Å². The van der Waals surface area contributed by atoms with Crippen LogP contribution in [-0.2, 0) is 46.8 Å². The van der Waals surface area contributed by atoms with Crippen molar-refractivity contribution in [3.63, 3.8) is 0 Å². The van der Waals surface area contributed by atoms with Gasteiger partial charge in [0.2, 0.25) is 14.3 Å². The van der Waals surface area contributed by atoms with Crippen LogP contribution in [0.1, 0.15) is 144 Å². The van der Waals surface area contributed by atoms with E-state index >= 15 is 0 Å². The summed E-state index contributed by atoms with van der Waals surface area (Å²) in [6, 6.07) is -1.60. The van der Waals surface area contributed by atoms with Crippen molar-refractivity contribution < 1.29 is 66.6 Å². The average molecular weight is 1020 g/mol. The summed E-state index contributed by atoms with van der Waals surface area (Å²) < 4.78 is 61.1. The third-order valence-corrected chi connectivity index (χ3v) is 28.1. The predicted octanol–water partition coefficient (Wildman–Crippen LogP) is 7.84. The highest BCUT2D eigenvalue weighted by molar-refractivity contribution is 6.77. The van der Waals surface area contributed by atoms with Gasteiger partial charge in [0, 0.05) is 17.9 Å². The molecule has 4 saturated heterocycles. The maximum atomic E-state index is 14.5. The van der Waals surface area contributed by atoms with Crippen LogP contribution < -0.4 is 10.6 Å². The fourth-order valence-corrected chi connectivity index (χ4v) is 19.8. The maximum Gasteiger partial charge on any atom is 0.414 e. The number of nitrogens with one attached hydrogen (secondary N) is 2. The molecule has 398 valence electrons. The number of aliphatic imine (C=N–C) groups is 2. The van der Waals surface area contributed by atoms with Crippen LogP contribution in [0.5, 0.6) is 0 Å². The molecule has 8 rings (SSSR count). The fourth-order valence-electron chi connectivity index (χ4n) is 13.1. The van der Waals surface area contributed by atoms with E-state index in [1.54, 1.807) is 48.5 Å². The molecule has 3 aliphatic carbocycles. The molecule has 8 aliphatic rings. The molecule has 0 aromatic rings. The van der Waals surface area contributed by atoms with Crippen molar-refractivity contribution in [3.8, 4) is 0 Å². The van der Waals surface area contributed by atoms with Crippen molar-refractivity contribution in [1.29, 1.82) is 0 Å². The number of nitrogens with zero attached hydrogens (tertiary/aromatic N) is 2. The van der Waals surface area contributed by atoms with Crippen LogP contribution in [0, 0.1) is 22.7 Å². The van der Waals surface area contributed by atoms with Crippen molar-refractivity contribution in [2.75, 3.05) is 6.61 Å². The van der Waals surface area contributed by atoms with E-state index in [2.05, 4.69) is 93.7 Å². The van der Waals surface area contributed by atoms with Gasteiger partial charge >= 0.3 is 24.1 Å². The minimum atomic E-state index is -3.10. The number of guanidine groups is 1. The number of carbonyl (C=O) groups is 3. The average Bonchev–Trinajstić information content (AvgIpc) is 3.64. The zero-order chi connectivity index (χ0) is 52.7. The lowest BCUT2D eigenvalue weighted by Gasteiger charge is -2.71. The molecule has 2 amide bonds. The number of hydrogen-bond acceptors (Lipinski definition) is 16. The highest BCUT2D eigenvalue weighted by Gasteiger charge is 2.90. The van der Waals surface area contributed by atoms with Crippen LogP contribution in [-0.4, -0.2) is 141 Å². The van der Waals surface area contributed by atoms with Gasteiger partial charge in [0.15, 0.2) is 26.8 Å². The van der Waals surface area contributed by atoms with Gasteiger partial charge in [0.05, 0.1) is 11.6 Å². The third kappa shape index (κ3) is 8.35. The van der Waals surface area contributed by atoms with E-state index in [0.717, 1.165) is 12.8 Å². The van der Waals surface area contributed by atoms with Gasteiger partial charge in [-0.2, -0.15) is 0 Å². The molecular weight excluding hydrogens is 937 g/mol. The summed E-state index contributed by atoms with van der Waals surface area (Å²) in [6.45, 7) is 41.5. The Bertz CT molecular complexity index is 2080. The Labute approximate surface area is 418 Å². The van der Waals surface area contributed by atoms with Crippen LogP contribution >= 0.6 is 0 Å². The Morgan fingerprint density at radius 2 is 1.41 bits per heavy atom. The molecule has 7 fully saturated rings. The van der Waals surface area contributed by atoms with Crippen molar-refractivity contribution in [2.24, 2.45) is 32.7 Å². The minimum absolute atomic E-state index is 0.0258. The van der Waals surface area contributed by atoms with Crippen molar-refractivity contribution in [1.82, 2.24) is 10.6 Å². The molecule has 14 atom stereocenters. The fraction of sp³-hybridized carbons (Fsp3) is 0.900. The normalized spacial score (nSPS) is 37.9. The summed E-state index contributed by atoms with van der Waals surface area (Å²) in [5.74, 6) is -4.50. The number of aliphatic hydroxyl groups excluding tert-OH is 1. The Kier molecular flexibility index (Phi) is 13.8. The molecule has 3 saturated carbocycles.